The summed E-state index contributed by atoms with van der Waals surface area (Å²) in [5, 5.41) is 0. The standard InChI is InChI=1S/C20H23F2IN6O2S/c1-2-25-32(30,31)7-3-6-29-16(26-17-18(24)27-20(22)28-19(17)29)10-12-8-13-11(9-15(12)23)4-5-14(13)21/h8-9,14,25H,2-7,10H2,1H3,(H2,24,27,28). The van der Waals surface area contributed by atoms with Crippen molar-refractivity contribution in [1.82, 2.24) is 24.2 Å². The van der Waals surface area contributed by atoms with Crippen LogP contribution in [0.15, 0.2) is 12.1 Å². The summed E-state index contributed by atoms with van der Waals surface area (Å²) in [4.78, 5) is 11.9. The normalized spacial score (nSPS) is 16.1. The van der Waals surface area contributed by atoms with Crippen LogP contribution < -0.4 is 10.5 Å². The van der Waals surface area contributed by atoms with E-state index in [4.69, 9.17) is 5.73 Å². The lowest BCUT2D eigenvalue weighted by atomic mass is 10.0. The van der Waals surface area contributed by atoms with Crippen molar-refractivity contribution >= 4 is 49.6 Å². The molecule has 172 valence electrons. The molecule has 12 heteroatoms. The molecule has 1 unspecified atom stereocenters. The lowest BCUT2D eigenvalue weighted by Gasteiger charge is -2.12. The number of rotatable bonds is 8. The quantitative estimate of drug-likeness (QED) is 0.315. The zero-order valence-electron chi connectivity index (χ0n) is 17.4. The molecule has 0 fully saturated rings. The zero-order valence-corrected chi connectivity index (χ0v) is 20.4. The molecule has 2 aromatic heterocycles. The highest BCUT2D eigenvalue weighted by molar-refractivity contribution is 14.1. The highest BCUT2D eigenvalue weighted by Crippen LogP contribution is 2.37. The number of aromatic nitrogens is 4. The van der Waals surface area contributed by atoms with Gasteiger partial charge in [-0.2, -0.15) is 14.4 Å². The van der Waals surface area contributed by atoms with Crippen molar-refractivity contribution in [2.75, 3.05) is 18.0 Å². The van der Waals surface area contributed by atoms with Gasteiger partial charge in [-0.3, -0.25) is 0 Å². The Labute approximate surface area is 198 Å². The summed E-state index contributed by atoms with van der Waals surface area (Å²) in [6, 6.07) is 3.86. The Bertz CT molecular complexity index is 1280. The van der Waals surface area contributed by atoms with E-state index in [1.54, 1.807) is 11.5 Å². The van der Waals surface area contributed by atoms with Crippen molar-refractivity contribution in [3.05, 3.63) is 44.3 Å². The van der Waals surface area contributed by atoms with Crippen molar-refractivity contribution in [3.8, 4) is 0 Å². The first kappa shape index (κ1) is 23.2. The summed E-state index contributed by atoms with van der Waals surface area (Å²) in [6.45, 7) is 2.27. The van der Waals surface area contributed by atoms with Gasteiger partial charge in [0.1, 0.15) is 12.0 Å². The van der Waals surface area contributed by atoms with Crippen LogP contribution in [0.25, 0.3) is 11.2 Å². The topological polar surface area (TPSA) is 116 Å². The molecule has 1 atom stereocenters. The first-order chi connectivity index (χ1) is 15.2. The molecule has 3 N–H and O–H groups in total. The van der Waals surface area contributed by atoms with Gasteiger partial charge in [0.15, 0.2) is 17.0 Å². The fraction of sp³-hybridized carbons (Fsp3) is 0.450. The SMILES string of the molecule is CCNS(=O)(=O)CCCn1c(Cc2cc3c(cc2I)CCC3F)nc2c(N)nc(F)nc21. The van der Waals surface area contributed by atoms with Gasteiger partial charge in [-0.1, -0.05) is 13.0 Å². The van der Waals surface area contributed by atoms with Crippen LogP contribution in [0.2, 0.25) is 0 Å². The predicted octanol–water partition coefficient (Wildman–Crippen LogP) is 3.03. The number of nitrogens with two attached hydrogens (primary N) is 1. The minimum absolute atomic E-state index is 0.0831. The van der Waals surface area contributed by atoms with Crippen molar-refractivity contribution in [1.29, 1.82) is 0 Å². The second-order valence-corrected chi connectivity index (χ2v) is 10.8. The molecule has 4 rings (SSSR count). The molecule has 2 heterocycles. The van der Waals surface area contributed by atoms with Gasteiger partial charge in [-0.15, -0.1) is 0 Å². The van der Waals surface area contributed by atoms with Crippen LogP contribution in [0.3, 0.4) is 0 Å². The minimum atomic E-state index is -3.40. The van der Waals surface area contributed by atoms with Crippen LogP contribution in [-0.2, 0) is 29.4 Å². The van der Waals surface area contributed by atoms with Gasteiger partial charge in [0, 0.05) is 23.1 Å². The van der Waals surface area contributed by atoms with Gasteiger partial charge in [0.2, 0.25) is 10.0 Å². The maximum Gasteiger partial charge on any atom is 0.312 e. The van der Waals surface area contributed by atoms with E-state index in [2.05, 4.69) is 42.3 Å². The zero-order chi connectivity index (χ0) is 23.0. The minimum Gasteiger partial charge on any atom is -0.382 e. The van der Waals surface area contributed by atoms with E-state index in [9.17, 15) is 17.2 Å². The smallest absolute Gasteiger partial charge is 0.312 e. The first-order valence-electron chi connectivity index (χ1n) is 10.3. The Morgan fingerprint density at radius 2 is 2.09 bits per heavy atom. The predicted molar refractivity (Wildman–Crippen MR) is 126 cm³/mol. The number of nitrogens with one attached hydrogen (secondary N) is 1. The van der Waals surface area contributed by atoms with Crippen molar-refractivity contribution in [3.63, 3.8) is 0 Å². The number of imidazole rings is 1. The number of sulfonamides is 1. The third kappa shape index (κ3) is 4.71. The maximum atomic E-state index is 14.3. The van der Waals surface area contributed by atoms with E-state index >= 15 is 0 Å². The Morgan fingerprint density at radius 1 is 1.31 bits per heavy atom. The number of aryl methyl sites for hydroxylation is 2. The Balaban J connectivity index is 1.70. The van der Waals surface area contributed by atoms with Gasteiger partial charge in [-0.05, 0) is 64.6 Å². The number of anilines is 1. The number of benzene rings is 1. The van der Waals surface area contributed by atoms with Crippen LogP contribution in [0, 0.1) is 9.65 Å². The van der Waals surface area contributed by atoms with E-state index in [0.717, 1.165) is 21.1 Å². The fourth-order valence-corrected chi connectivity index (χ4v) is 5.86. The highest BCUT2D eigenvalue weighted by Gasteiger charge is 2.25. The highest BCUT2D eigenvalue weighted by atomic mass is 127. The molecule has 0 saturated carbocycles. The van der Waals surface area contributed by atoms with Gasteiger partial charge < -0.3 is 10.3 Å². The van der Waals surface area contributed by atoms with E-state index in [0.29, 0.717) is 30.8 Å². The van der Waals surface area contributed by atoms with Crippen LogP contribution in [0.4, 0.5) is 14.6 Å². The average molecular weight is 576 g/mol. The van der Waals surface area contributed by atoms with Crippen LogP contribution >= 0.6 is 22.6 Å². The molecule has 0 aliphatic heterocycles. The number of hydrogen-bond donors (Lipinski definition) is 2. The molecule has 0 radical (unpaired) electrons. The van der Waals surface area contributed by atoms with Crippen LogP contribution in [0.1, 0.15) is 48.5 Å². The molecule has 0 amide bonds. The first-order valence-corrected chi connectivity index (χ1v) is 13.0. The largest absolute Gasteiger partial charge is 0.382 e. The Hall–Kier alpha value is -1.93. The molecule has 8 nitrogen and oxygen atoms in total. The van der Waals surface area contributed by atoms with Crippen LogP contribution in [0.5, 0.6) is 0 Å². The van der Waals surface area contributed by atoms with E-state index in [1.165, 1.54) is 0 Å². The number of alkyl halides is 1. The summed E-state index contributed by atoms with van der Waals surface area (Å²) in [5.41, 5.74) is 8.95. The summed E-state index contributed by atoms with van der Waals surface area (Å²) in [7, 11) is -3.40. The average Bonchev–Trinajstić information content (AvgIpc) is 3.23. The summed E-state index contributed by atoms with van der Waals surface area (Å²) >= 11 is 2.22. The number of nitrogens with zero attached hydrogens (tertiary/aromatic N) is 4. The molecule has 0 bridgehead atoms. The van der Waals surface area contributed by atoms with Crippen molar-refractivity contribution < 1.29 is 17.2 Å². The summed E-state index contributed by atoms with van der Waals surface area (Å²) < 4.78 is 57.3. The molecule has 1 aromatic carbocycles. The lowest BCUT2D eigenvalue weighted by Crippen LogP contribution is -2.26. The molecular weight excluding hydrogens is 553 g/mol. The molecule has 1 aliphatic rings. The van der Waals surface area contributed by atoms with E-state index in [1.807, 2.05) is 12.1 Å². The molecular formula is C20H23F2IN6O2S. The lowest BCUT2D eigenvalue weighted by molar-refractivity contribution is 0.343. The molecule has 0 spiro atoms. The monoisotopic (exact) mass is 576 g/mol. The molecule has 32 heavy (non-hydrogen) atoms. The summed E-state index contributed by atoms with van der Waals surface area (Å²) in [5.74, 6) is 0.363. The van der Waals surface area contributed by atoms with E-state index < -0.39 is 22.3 Å². The molecule has 1 aliphatic carbocycles. The summed E-state index contributed by atoms with van der Waals surface area (Å²) in [6.07, 6.45) is -0.138. The van der Waals surface area contributed by atoms with Gasteiger partial charge in [0.05, 0.1) is 5.75 Å². The number of nitrogen functional groups attached to an aromatic ring is 1. The van der Waals surface area contributed by atoms with Gasteiger partial charge in [0.25, 0.3) is 0 Å². The second kappa shape index (κ2) is 9.14. The Morgan fingerprint density at radius 3 is 2.84 bits per heavy atom. The second-order valence-electron chi connectivity index (χ2n) is 7.73. The third-order valence-electron chi connectivity index (χ3n) is 5.49. The fourth-order valence-electron chi connectivity index (χ4n) is 4.04. The van der Waals surface area contributed by atoms with Crippen LogP contribution in [-0.4, -0.2) is 40.2 Å². The van der Waals surface area contributed by atoms with Gasteiger partial charge in [-0.25, -0.2) is 22.5 Å². The van der Waals surface area contributed by atoms with Gasteiger partial charge >= 0.3 is 6.08 Å². The maximum absolute atomic E-state index is 14.3. The van der Waals surface area contributed by atoms with E-state index in [-0.39, 0.29) is 35.7 Å². The molecule has 0 saturated heterocycles. The number of hydrogen-bond acceptors (Lipinski definition) is 6. The Kier molecular flexibility index (Phi) is 6.63. The third-order valence-corrected chi connectivity index (χ3v) is 8.05. The van der Waals surface area contributed by atoms with Crippen molar-refractivity contribution in [2.45, 2.75) is 45.3 Å². The number of fused-ring (bicyclic) bond motifs is 2. The van der Waals surface area contributed by atoms with Crippen molar-refractivity contribution in [2.24, 2.45) is 0 Å². The number of halogens is 3. The molecule has 3 aromatic rings.